The van der Waals surface area contributed by atoms with E-state index in [1.165, 1.54) is 12.5 Å². The summed E-state index contributed by atoms with van der Waals surface area (Å²) in [6.45, 7) is 1.13. The number of nitrogens with two attached hydrogens (primary N) is 2. The summed E-state index contributed by atoms with van der Waals surface area (Å²) >= 11 is 0. The quantitative estimate of drug-likeness (QED) is 0.112. The van der Waals surface area contributed by atoms with E-state index in [2.05, 4.69) is 25.9 Å². The lowest BCUT2D eigenvalue weighted by Gasteiger charge is -2.25. The summed E-state index contributed by atoms with van der Waals surface area (Å²) in [6, 6.07) is -6.01. The number of carboxylic acid groups (broad SMARTS) is 2. The summed E-state index contributed by atoms with van der Waals surface area (Å²) in [5.41, 5.74) is 11.1. The Labute approximate surface area is 198 Å². The van der Waals surface area contributed by atoms with Gasteiger partial charge in [0.1, 0.15) is 12.1 Å². The van der Waals surface area contributed by atoms with Gasteiger partial charge >= 0.3 is 11.9 Å². The van der Waals surface area contributed by atoms with Crippen molar-refractivity contribution in [1.29, 1.82) is 0 Å². The fraction of sp³-hybridized carbons (Fsp3) is 0.526. The molecule has 194 valence electrons. The number of imidazole rings is 1. The number of nitrogens with one attached hydrogen (secondary N) is 4. The van der Waals surface area contributed by atoms with Gasteiger partial charge in [-0.25, -0.2) is 9.78 Å². The van der Waals surface area contributed by atoms with Gasteiger partial charge in [0.25, 0.3) is 0 Å². The van der Waals surface area contributed by atoms with E-state index in [0.29, 0.717) is 5.69 Å². The maximum atomic E-state index is 13.0. The van der Waals surface area contributed by atoms with Gasteiger partial charge in [-0.05, 0) is 13.3 Å². The largest absolute Gasteiger partial charge is 0.481 e. The number of aromatic nitrogens is 2. The van der Waals surface area contributed by atoms with Crippen LogP contribution in [0.25, 0.3) is 0 Å². The van der Waals surface area contributed by atoms with Gasteiger partial charge in [0.15, 0.2) is 6.04 Å². The van der Waals surface area contributed by atoms with Crippen LogP contribution >= 0.6 is 0 Å². The number of nitrogens with zero attached hydrogens (tertiary/aromatic N) is 1. The lowest BCUT2D eigenvalue weighted by molar-refractivity contribution is -0.145. The number of primary amides is 1. The molecule has 5 atom stereocenters. The van der Waals surface area contributed by atoms with Crippen molar-refractivity contribution in [2.24, 2.45) is 11.5 Å². The topological polar surface area (TPSA) is 280 Å². The molecule has 1 rings (SSSR count). The monoisotopic (exact) mass is 499 g/mol. The first-order chi connectivity index (χ1) is 16.3. The minimum Gasteiger partial charge on any atom is -0.481 e. The molecule has 1 aromatic heterocycles. The molecule has 1 heterocycles. The number of aliphatic carboxylic acids is 2. The first-order valence-electron chi connectivity index (χ1n) is 10.4. The highest BCUT2D eigenvalue weighted by Crippen LogP contribution is 2.05. The fourth-order valence-corrected chi connectivity index (χ4v) is 2.86. The summed E-state index contributed by atoms with van der Waals surface area (Å²) < 4.78 is 0. The lowest BCUT2D eigenvalue weighted by atomic mass is 10.1. The number of aromatic amines is 1. The van der Waals surface area contributed by atoms with Gasteiger partial charge in [0.2, 0.25) is 23.6 Å². The second-order valence-corrected chi connectivity index (χ2v) is 7.68. The summed E-state index contributed by atoms with van der Waals surface area (Å²) in [5.74, 6) is -6.58. The molecule has 0 saturated heterocycles. The van der Waals surface area contributed by atoms with Crippen LogP contribution in [0.5, 0.6) is 0 Å². The molecule has 0 aromatic carbocycles. The summed E-state index contributed by atoms with van der Waals surface area (Å²) in [7, 11) is 0. The Balaban J connectivity index is 3.09. The predicted octanol–water partition coefficient (Wildman–Crippen LogP) is -4.06. The van der Waals surface area contributed by atoms with Crippen molar-refractivity contribution in [3.8, 4) is 0 Å². The maximum absolute atomic E-state index is 13.0. The Morgan fingerprint density at radius 1 is 1.03 bits per heavy atom. The molecule has 0 saturated carbocycles. The second-order valence-electron chi connectivity index (χ2n) is 7.68. The average Bonchev–Trinajstić information content (AvgIpc) is 3.26. The van der Waals surface area contributed by atoms with Crippen LogP contribution in [0.2, 0.25) is 0 Å². The smallest absolute Gasteiger partial charge is 0.328 e. The molecule has 4 amide bonds. The third kappa shape index (κ3) is 10.2. The molecule has 16 nitrogen and oxygen atoms in total. The zero-order valence-electron chi connectivity index (χ0n) is 18.8. The lowest BCUT2D eigenvalue weighted by Crippen LogP contribution is -2.58. The zero-order chi connectivity index (χ0) is 26.7. The van der Waals surface area contributed by atoms with E-state index < -0.39 is 72.3 Å². The number of carbonyl (C=O) groups is 6. The minimum atomic E-state index is -1.70. The van der Waals surface area contributed by atoms with Crippen LogP contribution in [-0.4, -0.2) is 91.1 Å². The third-order valence-electron chi connectivity index (χ3n) is 4.70. The van der Waals surface area contributed by atoms with E-state index in [-0.39, 0.29) is 19.3 Å². The number of hydrogen-bond donors (Lipinski definition) is 9. The van der Waals surface area contributed by atoms with Crippen LogP contribution in [-0.2, 0) is 35.2 Å². The molecule has 16 heteroatoms. The highest BCUT2D eigenvalue weighted by atomic mass is 16.4. The molecule has 35 heavy (non-hydrogen) atoms. The van der Waals surface area contributed by atoms with Crippen LogP contribution < -0.4 is 27.4 Å². The Hall–Kier alpha value is -4.05. The Morgan fingerprint density at radius 3 is 2.11 bits per heavy atom. The number of hydrogen-bond acceptors (Lipinski definition) is 9. The number of amides is 4. The van der Waals surface area contributed by atoms with Gasteiger partial charge in [-0.1, -0.05) is 0 Å². The van der Waals surface area contributed by atoms with Gasteiger partial charge in [-0.15, -0.1) is 0 Å². The van der Waals surface area contributed by atoms with Crippen molar-refractivity contribution < 1.29 is 44.1 Å². The van der Waals surface area contributed by atoms with Crippen LogP contribution in [0.3, 0.4) is 0 Å². The molecule has 0 spiro atoms. The second kappa shape index (κ2) is 13.6. The average molecular weight is 499 g/mol. The molecule has 1 aromatic rings. The molecule has 0 fully saturated rings. The SMILES string of the molecule is CC(O)C(NC(=O)C(CCC(N)=O)NC(=O)C(Cc1cnc[nH]1)NC(=O)C(N)CC(=O)O)C(=O)O. The molecular formula is C19H29N7O9. The first kappa shape index (κ1) is 29.0. The van der Waals surface area contributed by atoms with Crippen LogP contribution in [0.4, 0.5) is 0 Å². The predicted molar refractivity (Wildman–Crippen MR) is 116 cm³/mol. The minimum absolute atomic E-state index is 0.160. The molecule has 0 aliphatic heterocycles. The van der Waals surface area contributed by atoms with Crippen molar-refractivity contribution in [3.63, 3.8) is 0 Å². The van der Waals surface area contributed by atoms with E-state index in [4.69, 9.17) is 16.6 Å². The number of carbonyl (C=O) groups excluding carboxylic acids is 4. The maximum Gasteiger partial charge on any atom is 0.328 e. The van der Waals surface area contributed by atoms with Gasteiger partial charge < -0.3 is 47.7 Å². The summed E-state index contributed by atoms with van der Waals surface area (Å²) in [5, 5.41) is 34.3. The normalized spacial score (nSPS) is 15.1. The molecule has 0 radical (unpaired) electrons. The molecule has 11 N–H and O–H groups in total. The number of carboxylic acids is 2. The van der Waals surface area contributed by atoms with E-state index in [9.17, 15) is 39.0 Å². The molecule has 0 bridgehead atoms. The highest BCUT2D eigenvalue weighted by Gasteiger charge is 2.32. The number of rotatable bonds is 15. The van der Waals surface area contributed by atoms with Crippen LogP contribution in [0.1, 0.15) is 31.9 Å². The Bertz CT molecular complexity index is 920. The molecular weight excluding hydrogens is 470 g/mol. The van der Waals surface area contributed by atoms with E-state index in [1.54, 1.807) is 0 Å². The van der Waals surface area contributed by atoms with E-state index in [1.807, 2.05) is 0 Å². The Morgan fingerprint density at radius 2 is 1.63 bits per heavy atom. The Kier molecular flexibility index (Phi) is 11.3. The third-order valence-corrected chi connectivity index (χ3v) is 4.70. The van der Waals surface area contributed by atoms with Crippen LogP contribution in [0, 0.1) is 0 Å². The van der Waals surface area contributed by atoms with E-state index >= 15 is 0 Å². The van der Waals surface area contributed by atoms with Crippen molar-refractivity contribution >= 4 is 35.6 Å². The molecule has 0 aliphatic rings. The van der Waals surface area contributed by atoms with Crippen molar-refractivity contribution in [2.75, 3.05) is 0 Å². The van der Waals surface area contributed by atoms with Gasteiger partial charge in [0.05, 0.1) is 24.9 Å². The van der Waals surface area contributed by atoms with Gasteiger partial charge in [-0.3, -0.25) is 24.0 Å². The van der Waals surface area contributed by atoms with Crippen molar-refractivity contribution in [1.82, 2.24) is 25.9 Å². The number of aliphatic hydroxyl groups is 1. The fourth-order valence-electron chi connectivity index (χ4n) is 2.86. The van der Waals surface area contributed by atoms with Gasteiger partial charge in [-0.2, -0.15) is 0 Å². The number of H-pyrrole nitrogens is 1. The highest BCUT2D eigenvalue weighted by molar-refractivity contribution is 5.95. The van der Waals surface area contributed by atoms with Crippen LogP contribution in [0.15, 0.2) is 12.5 Å². The molecule has 5 unspecified atom stereocenters. The summed E-state index contributed by atoms with van der Waals surface area (Å²) in [4.78, 5) is 77.8. The first-order valence-corrected chi connectivity index (χ1v) is 10.4. The number of aliphatic hydroxyl groups excluding tert-OH is 1. The zero-order valence-corrected chi connectivity index (χ0v) is 18.8. The summed E-state index contributed by atoms with van der Waals surface area (Å²) in [6.07, 6.45) is -0.341. The standard InChI is InChI=1S/C19H29N7O9/c1-8(27)15(19(34)35)26-17(32)11(2-3-13(21)28)24-18(33)12(4-9-6-22-7-23-9)25-16(31)10(20)5-14(29)30/h6-8,10-12,15,27H,2-5,20H2,1H3,(H2,21,28)(H,22,23)(H,24,33)(H,25,31)(H,26,32)(H,29,30)(H,34,35). The molecule has 0 aliphatic carbocycles. The van der Waals surface area contributed by atoms with Gasteiger partial charge in [0, 0.05) is 24.7 Å². The van der Waals surface area contributed by atoms with Crippen molar-refractivity contribution in [3.05, 3.63) is 18.2 Å². The van der Waals surface area contributed by atoms with E-state index in [0.717, 1.165) is 6.92 Å². The van der Waals surface area contributed by atoms with Crippen molar-refractivity contribution in [2.45, 2.75) is 62.9 Å².